The molecule has 2 rings (SSSR count). The summed E-state index contributed by atoms with van der Waals surface area (Å²) in [5.74, 6) is 0.125. The Labute approximate surface area is 120 Å². The number of ether oxygens (including phenoxy) is 1. The maximum absolute atomic E-state index is 12.1. The molecule has 0 unspecified atom stereocenters. The highest BCUT2D eigenvalue weighted by Gasteiger charge is 2.11. The number of pyridine rings is 1. The molecule has 0 atom stereocenters. The van der Waals surface area contributed by atoms with Crippen LogP contribution in [0.1, 0.15) is 15.9 Å². The van der Waals surface area contributed by atoms with Crippen LogP contribution in [-0.4, -0.2) is 18.0 Å². The summed E-state index contributed by atoms with van der Waals surface area (Å²) in [4.78, 5) is 25.5. The van der Waals surface area contributed by atoms with Crippen molar-refractivity contribution in [2.24, 2.45) is 0 Å². The normalized spacial score (nSPS) is 10.2. The molecular formula is C14H13ClN2O3. The van der Waals surface area contributed by atoms with E-state index in [1.165, 1.54) is 25.4 Å². The van der Waals surface area contributed by atoms with Crippen molar-refractivity contribution in [2.75, 3.05) is 12.4 Å². The van der Waals surface area contributed by atoms with Gasteiger partial charge in [0.1, 0.15) is 5.75 Å². The molecular weight excluding hydrogens is 280 g/mol. The van der Waals surface area contributed by atoms with Gasteiger partial charge in [0, 0.05) is 23.4 Å². The lowest BCUT2D eigenvalue weighted by atomic mass is 10.2. The second kappa shape index (κ2) is 5.79. The lowest BCUT2D eigenvalue weighted by molar-refractivity contribution is 0.102. The molecule has 20 heavy (non-hydrogen) atoms. The van der Waals surface area contributed by atoms with Gasteiger partial charge in [0.15, 0.2) is 0 Å². The van der Waals surface area contributed by atoms with Gasteiger partial charge in [-0.1, -0.05) is 11.6 Å². The van der Waals surface area contributed by atoms with Gasteiger partial charge in [-0.2, -0.15) is 0 Å². The van der Waals surface area contributed by atoms with Crippen LogP contribution in [0.25, 0.3) is 0 Å². The SMILES string of the molecule is COc1cc(Cl)c(C)cc1NC(=O)c1ccc(=O)[nH]c1. The summed E-state index contributed by atoms with van der Waals surface area (Å²) >= 11 is 6.00. The summed E-state index contributed by atoms with van der Waals surface area (Å²) in [7, 11) is 1.50. The van der Waals surface area contributed by atoms with E-state index in [1.807, 2.05) is 6.92 Å². The van der Waals surface area contributed by atoms with E-state index in [2.05, 4.69) is 10.3 Å². The number of carbonyl (C=O) groups is 1. The highest BCUT2D eigenvalue weighted by Crippen LogP contribution is 2.31. The highest BCUT2D eigenvalue weighted by molar-refractivity contribution is 6.31. The fraction of sp³-hybridized carbons (Fsp3) is 0.143. The Morgan fingerprint density at radius 3 is 2.70 bits per heavy atom. The number of aryl methyl sites for hydroxylation is 1. The molecule has 1 amide bonds. The largest absolute Gasteiger partial charge is 0.495 e. The number of rotatable bonds is 3. The van der Waals surface area contributed by atoms with Gasteiger partial charge >= 0.3 is 0 Å². The first kappa shape index (κ1) is 14.1. The van der Waals surface area contributed by atoms with Crippen molar-refractivity contribution in [1.29, 1.82) is 0 Å². The third-order valence-corrected chi connectivity index (χ3v) is 3.18. The first-order valence-corrected chi connectivity index (χ1v) is 6.23. The van der Waals surface area contributed by atoms with Crippen LogP contribution in [0, 0.1) is 6.92 Å². The molecule has 1 aromatic carbocycles. The third kappa shape index (κ3) is 3.00. The first-order chi connectivity index (χ1) is 9.51. The van der Waals surface area contributed by atoms with Crippen molar-refractivity contribution < 1.29 is 9.53 Å². The summed E-state index contributed by atoms with van der Waals surface area (Å²) in [5.41, 5.74) is 1.43. The molecule has 0 spiro atoms. The molecule has 0 saturated heterocycles. The molecule has 104 valence electrons. The highest BCUT2D eigenvalue weighted by atomic mass is 35.5. The molecule has 0 saturated carbocycles. The smallest absolute Gasteiger partial charge is 0.257 e. The Bertz CT molecular complexity index is 690. The minimum absolute atomic E-state index is 0.263. The average molecular weight is 293 g/mol. The van der Waals surface area contributed by atoms with Crippen LogP contribution in [-0.2, 0) is 0 Å². The zero-order chi connectivity index (χ0) is 14.7. The average Bonchev–Trinajstić information content (AvgIpc) is 2.43. The topological polar surface area (TPSA) is 71.2 Å². The molecule has 0 aliphatic rings. The van der Waals surface area contributed by atoms with E-state index >= 15 is 0 Å². The van der Waals surface area contributed by atoms with Gasteiger partial charge < -0.3 is 15.0 Å². The number of halogens is 1. The van der Waals surface area contributed by atoms with Crippen LogP contribution in [0.5, 0.6) is 5.75 Å². The van der Waals surface area contributed by atoms with Crippen molar-refractivity contribution in [3.05, 3.63) is 57.0 Å². The summed E-state index contributed by atoms with van der Waals surface area (Å²) in [5, 5.41) is 3.28. The number of aromatic nitrogens is 1. The van der Waals surface area contributed by atoms with Gasteiger partial charge in [0.2, 0.25) is 5.56 Å². The number of hydrogen-bond acceptors (Lipinski definition) is 3. The van der Waals surface area contributed by atoms with E-state index in [-0.39, 0.29) is 11.5 Å². The molecule has 1 aromatic heterocycles. The molecule has 2 N–H and O–H groups in total. The molecule has 1 heterocycles. The quantitative estimate of drug-likeness (QED) is 0.913. The van der Waals surface area contributed by atoms with Crippen LogP contribution < -0.4 is 15.6 Å². The molecule has 0 aliphatic carbocycles. The number of benzene rings is 1. The Hall–Kier alpha value is -2.27. The maximum atomic E-state index is 12.1. The van der Waals surface area contributed by atoms with Crippen LogP contribution in [0.15, 0.2) is 35.3 Å². The molecule has 5 nitrogen and oxygen atoms in total. The number of hydrogen-bond donors (Lipinski definition) is 2. The molecule has 0 bridgehead atoms. The summed E-state index contributed by atoms with van der Waals surface area (Å²) in [6.45, 7) is 1.83. The summed E-state index contributed by atoms with van der Waals surface area (Å²) in [6.07, 6.45) is 1.35. The summed E-state index contributed by atoms with van der Waals surface area (Å²) < 4.78 is 5.18. The van der Waals surface area contributed by atoms with Crippen molar-refractivity contribution in [2.45, 2.75) is 6.92 Å². The maximum Gasteiger partial charge on any atom is 0.257 e. The van der Waals surface area contributed by atoms with Crippen LogP contribution >= 0.6 is 11.6 Å². The Morgan fingerprint density at radius 2 is 2.10 bits per heavy atom. The minimum Gasteiger partial charge on any atom is -0.495 e. The Balaban J connectivity index is 2.29. The first-order valence-electron chi connectivity index (χ1n) is 5.85. The fourth-order valence-corrected chi connectivity index (χ4v) is 1.83. The Kier molecular flexibility index (Phi) is 4.10. The lowest BCUT2D eigenvalue weighted by Gasteiger charge is -2.12. The predicted molar refractivity (Wildman–Crippen MR) is 77.8 cm³/mol. The number of carbonyl (C=O) groups excluding carboxylic acids is 1. The molecule has 0 aliphatic heterocycles. The Morgan fingerprint density at radius 1 is 1.35 bits per heavy atom. The van der Waals surface area contributed by atoms with Gasteiger partial charge in [-0.3, -0.25) is 9.59 Å². The monoisotopic (exact) mass is 292 g/mol. The number of aromatic amines is 1. The van der Waals surface area contributed by atoms with E-state index in [0.29, 0.717) is 22.0 Å². The van der Waals surface area contributed by atoms with E-state index < -0.39 is 0 Å². The molecule has 2 aromatic rings. The van der Waals surface area contributed by atoms with E-state index in [4.69, 9.17) is 16.3 Å². The van der Waals surface area contributed by atoms with Crippen LogP contribution in [0.2, 0.25) is 5.02 Å². The second-order valence-corrected chi connectivity index (χ2v) is 4.60. The van der Waals surface area contributed by atoms with E-state index in [0.717, 1.165) is 5.56 Å². The van der Waals surface area contributed by atoms with E-state index in [1.54, 1.807) is 12.1 Å². The van der Waals surface area contributed by atoms with Gasteiger partial charge in [0.05, 0.1) is 18.4 Å². The van der Waals surface area contributed by atoms with Gasteiger partial charge in [-0.05, 0) is 24.6 Å². The number of amides is 1. The van der Waals surface area contributed by atoms with Crippen molar-refractivity contribution in [3.8, 4) is 5.75 Å². The summed E-state index contributed by atoms with van der Waals surface area (Å²) in [6, 6.07) is 6.10. The number of nitrogens with one attached hydrogen (secondary N) is 2. The molecule has 0 radical (unpaired) electrons. The van der Waals surface area contributed by atoms with Gasteiger partial charge in [0.25, 0.3) is 5.91 Å². The van der Waals surface area contributed by atoms with Crippen molar-refractivity contribution >= 4 is 23.2 Å². The fourth-order valence-electron chi connectivity index (χ4n) is 1.68. The van der Waals surface area contributed by atoms with Crippen LogP contribution in [0.3, 0.4) is 0 Å². The van der Waals surface area contributed by atoms with E-state index in [9.17, 15) is 9.59 Å². The number of methoxy groups -OCH3 is 1. The third-order valence-electron chi connectivity index (χ3n) is 2.78. The zero-order valence-electron chi connectivity index (χ0n) is 11.0. The standard InChI is InChI=1S/C14H13ClN2O3/c1-8-5-11(12(20-2)6-10(8)15)17-14(19)9-3-4-13(18)16-7-9/h3-7H,1-2H3,(H,16,18)(H,17,19). The molecule has 6 heteroatoms. The zero-order valence-corrected chi connectivity index (χ0v) is 11.7. The number of H-pyrrole nitrogens is 1. The lowest BCUT2D eigenvalue weighted by Crippen LogP contribution is -2.15. The van der Waals surface area contributed by atoms with Crippen molar-refractivity contribution in [3.63, 3.8) is 0 Å². The molecule has 0 fully saturated rings. The number of anilines is 1. The van der Waals surface area contributed by atoms with Crippen LogP contribution in [0.4, 0.5) is 5.69 Å². The van der Waals surface area contributed by atoms with Gasteiger partial charge in [-0.15, -0.1) is 0 Å². The van der Waals surface area contributed by atoms with Gasteiger partial charge in [-0.25, -0.2) is 0 Å². The van der Waals surface area contributed by atoms with Crippen molar-refractivity contribution in [1.82, 2.24) is 4.98 Å². The second-order valence-electron chi connectivity index (χ2n) is 4.20. The predicted octanol–water partition coefficient (Wildman–Crippen LogP) is 2.60. The minimum atomic E-state index is -0.346.